The third-order valence-electron chi connectivity index (χ3n) is 3.88. The minimum atomic E-state index is -0.733. The molecule has 2 atom stereocenters. The largest absolute Gasteiger partial charge is 0.247 e. The van der Waals surface area contributed by atoms with Crippen molar-refractivity contribution >= 4 is 0 Å². The Morgan fingerprint density at radius 2 is 1.63 bits per heavy atom. The molecule has 0 unspecified atom stereocenters. The molecule has 0 saturated heterocycles. The summed E-state index contributed by atoms with van der Waals surface area (Å²) in [4.78, 5) is 0. The van der Waals surface area contributed by atoms with Crippen molar-refractivity contribution < 1.29 is 4.39 Å². The zero-order valence-electron chi connectivity index (χ0n) is 10.9. The van der Waals surface area contributed by atoms with Gasteiger partial charge in [0.05, 0.1) is 0 Å². The van der Waals surface area contributed by atoms with E-state index in [2.05, 4.69) is 42.5 Å². The van der Waals surface area contributed by atoms with Crippen LogP contribution in [0.15, 0.2) is 48.5 Å². The summed E-state index contributed by atoms with van der Waals surface area (Å²) in [5, 5.41) is 0. The molecule has 1 aliphatic rings. The fourth-order valence-corrected chi connectivity index (χ4v) is 2.79. The number of hydrogen-bond acceptors (Lipinski definition) is 0. The molecule has 2 aromatic carbocycles. The van der Waals surface area contributed by atoms with Crippen molar-refractivity contribution in [2.24, 2.45) is 0 Å². The van der Waals surface area contributed by atoms with Crippen LogP contribution in [0.5, 0.6) is 0 Å². The summed E-state index contributed by atoms with van der Waals surface area (Å²) in [5.74, 6) is 0.373. The van der Waals surface area contributed by atoms with Crippen molar-refractivity contribution in [3.05, 3.63) is 66.6 Å². The Morgan fingerprint density at radius 3 is 2.32 bits per heavy atom. The smallest absolute Gasteiger partial charge is 0.104 e. The Kier molecular flexibility index (Phi) is 3.63. The molecule has 0 bridgehead atoms. The van der Waals surface area contributed by atoms with Crippen LogP contribution in [0.25, 0.3) is 11.1 Å². The lowest BCUT2D eigenvalue weighted by molar-refractivity contribution is 0.289. The van der Waals surface area contributed by atoms with Crippen molar-refractivity contribution in [3.8, 4) is 11.1 Å². The second kappa shape index (κ2) is 5.56. The van der Waals surface area contributed by atoms with Gasteiger partial charge in [0.15, 0.2) is 0 Å². The molecule has 0 heterocycles. The van der Waals surface area contributed by atoms with Crippen LogP contribution in [-0.2, 0) is 0 Å². The van der Waals surface area contributed by atoms with Crippen LogP contribution in [-0.4, -0.2) is 6.17 Å². The van der Waals surface area contributed by atoms with Gasteiger partial charge in [-0.25, -0.2) is 4.39 Å². The summed E-state index contributed by atoms with van der Waals surface area (Å²) in [7, 11) is 0. The fraction of sp³-hybridized carbons (Fsp3) is 0.278. The summed E-state index contributed by atoms with van der Waals surface area (Å²) in [6, 6.07) is 19.6. The molecule has 0 N–H and O–H groups in total. The lowest BCUT2D eigenvalue weighted by Gasteiger charge is -2.24. The van der Waals surface area contributed by atoms with E-state index in [9.17, 15) is 4.39 Å². The van der Waals surface area contributed by atoms with Gasteiger partial charge in [0.25, 0.3) is 0 Å². The topological polar surface area (TPSA) is 0 Å². The molecule has 0 nitrogen and oxygen atoms in total. The molecule has 3 rings (SSSR count). The predicted molar refractivity (Wildman–Crippen MR) is 76.5 cm³/mol. The van der Waals surface area contributed by atoms with Gasteiger partial charge in [-0.1, -0.05) is 48.5 Å². The van der Waals surface area contributed by atoms with Gasteiger partial charge < -0.3 is 0 Å². The highest BCUT2D eigenvalue weighted by atomic mass is 19.1. The maximum atomic E-state index is 13.4. The summed E-state index contributed by atoms with van der Waals surface area (Å²) in [5.41, 5.74) is 3.67. The third kappa shape index (κ3) is 2.86. The SMILES string of the molecule is F[C@H]1[CH]CC[C@H](c2ccc(-c3cc[c]cc3)cc2)C1. The number of benzene rings is 2. The van der Waals surface area contributed by atoms with E-state index in [1.807, 2.05) is 12.1 Å². The molecule has 2 aromatic rings. The fourth-order valence-electron chi connectivity index (χ4n) is 2.79. The van der Waals surface area contributed by atoms with Gasteiger partial charge in [-0.2, -0.15) is 0 Å². The van der Waals surface area contributed by atoms with E-state index >= 15 is 0 Å². The Labute approximate surface area is 114 Å². The first-order chi connectivity index (χ1) is 9.33. The van der Waals surface area contributed by atoms with E-state index in [-0.39, 0.29) is 0 Å². The van der Waals surface area contributed by atoms with Gasteiger partial charge in [0.2, 0.25) is 0 Å². The van der Waals surface area contributed by atoms with Gasteiger partial charge in [-0.15, -0.1) is 0 Å². The lowest BCUT2D eigenvalue weighted by Crippen LogP contribution is -2.15. The van der Waals surface area contributed by atoms with Crippen LogP contribution in [0.4, 0.5) is 4.39 Å². The number of rotatable bonds is 2. The molecule has 1 fully saturated rings. The van der Waals surface area contributed by atoms with E-state index in [4.69, 9.17) is 0 Å². The Morgan fingerprint density at radius 1 is 0.947 bits per heavy atom. The summed E-state index contributed by atoms with van der Waals surface area (Å²) >= 11 is 0. The first-order valence-electron chi connectivity index (χ1n) is 6.87. The second-order valence-electron chi connectivity index (χ2n) is 5.17. The molecule has 0 spiro atoms. The Balaban J connectivity index is 1.79. The highest BCUT2D eigenvalue weighted by Gasteiger charge is 2.22. The minimum Gasteiger partial charge on any atom is -0.247 e. The highest BCUT2D eigenvalue weighted by Crippen LogP contribution is 2.34. The maximum absolute atomic E-state index is 13.4. The standard InChI is InChI=1S/C18H17F/c19-18-8-4-7-17(13-18)16-11-9-15(10-12-16)14-5-2-1-3-6-14/h2-3,5-6,8-12,17-18H,4,7,13H2/t17-,18-/m0/s1. The molecule has 1 aliphatic carbocycles. The van der Waals surface area contributed by atoms with Crippen molar-refractivity contribution in [2.75, 3.05) is 0 Å². The molecular weight excluding hydrogens is 235 g/mol. The average molecular weight is 252 g/mol. The first-order valence-corrected chi connectivity index (χ1v) is 6.87. The lowest BCUT2D eigenvalue weighted by atomic mass is 9.83. The number of alkyl halides is 1. The summed E-state index contributed by atoms with van der Waals surface area (Å²) in [6.45, 7) is 0. The normalized spacial score (nSPS) is 23.2. The van der Waals surface area contributed by atoms with Gasteiger partial charge in [0, 0.05) is 0 Å². The van der Waals surface area contributed by atoms with E-state index < -0.39 is 6.17 Å². The molecule has 0 amide bonds. The van der Waals surface area contributed by atoms with Gasteiger partial charge in [0.1, 0.15) is 6.17 Å². The van der Waals surface area contributed by atoms with Crippen LogP contribution in [0.2, 0.25) is 0 Å². The first kappa shape index (κ1) is 12.4. The molecule has 0 aromatic heterocycles. The summed E-state index contributed by atoms with van der Waals surface area (Å²) < 4.78 is 13.4. The summed E-state index contributed by atoms with van der Waals surface area (Å²) in [6.07, 6.45) is 3.66. The second-order valence-corrected chi connectivity index (χ2v) is 5.17. The van der Waals surface area contributed by atoms with Crippen LogP contribution in [0.1, 0.15) is 30.7 Å². The quantitative estimate of drug-likeness (QED) is 0.708. The molecule has 1 saturated carbocycles. The van der Waals surface area contributed by atoms with E-state index in [1.54, 1.807) is 6.42 Å². The van der Waals surface area contributed by atoms with Crippen molar-refractivity contribution in [2.45, 2.75) is 31.4 Å². The number of hydrogen-bond donors (Lipinski definition) is 0. The average Bonchev–Trinajstić information content (AvgIpc) is 2.48. The third-order valence-corrected chi connectivity index (χ3v) is 3.88. The van der Waals surface area contributed by atoms with E-state index in [0.717, 1.165) is 12.8 Å². The zero-order valence-corrected chi connectivity index (χ0v) is 10.9. The molecule has 96 valence electrons. The van der Waals surface area contributed by atoms with Gasteiger partial charge in [-0.3, -0.25) is 0 Å². The minimum absolute atomic E-state index is 0.373. The van der Waals surface area contributed by atoms with E-state index in [0.29, 0.717) is 12.3 Å². The van der Waals surface area contributed by atoms with Crippen LogP contribution in [0.3, 0.4) is 0 Å². The molecule has 0 aliphatic heterocycles. The molecule has 1 heteroatoms. The van der Waals surface area contributed by atoms with Gasteiger partial charge >= 0.3 is 0 Å². The highest BCUT2D eigenvalue weighted by molar-refractivity contribution is 5.63. The van der Waals surface area contributed by atoms with Crippen molar-refractivity contribution in [3.63, 3.8) is 0 Å². The Bertz CT molecular complexity index is 515. The van der Waals surface area contributed by atoms with Crippen LogP contribution >= 0.6 is 0 Å². The van der Waals surface area contributed by atoms with Crippen LogP contribution < -0.4 is 0 Å². The van der Waals surface area contributed by atoms with Gasteiger partial charge in [-0.05, 0) is 54.4 Å². The monoisotopic (exact) mass is 252 g/mol. The number of halogens is 1. The van der Waals surface area contributed by atoms with Crippen LogP contribution in [0, 0.1) is 12.5 Å². The predicted octanol–water partition coefficient (Wildman–Crippen LogP) is 4.96. The Hall–Kier alpha value is -1.63. The van der Waals surface area contributed by atoms with Crippen molar-refractivity contribution in [1.82, 2.24) is 0 Å². The molecule has 19 heavy (non-hydrogen) atoms. The maximum Gasteiger partial charge on any atom is 0.104 e. The molecular formula is C18H17F. The van der Waals surface area contributed by atoms with Crippen molar-refractivity contribution in [1.29, 1.82) is 0 Å². The van der Waals surface area contributed by atoms with E-state index in [1.165, 1.54) is 16.7 Å². The molecule has 2 radical (unpaired) electrons. The zero-order chi connectivity index (χ0) is 13.1.